The van der Waals surface area contributed by atoms with Gasteiger partial charge in [0.05, 0.1) is 0 Å². The van der Waals surface area contributed by atoms with E-state index in [1.54, 1.807) is 0 Å². The summed E-state index contributed by atoms with van der Waals surface area (Å²) in [5, 5.41) is 0. The van der Waals surface area contributed by atoms with Crippen molar-refractivity contribution in [3.63, 3.8) is 0 Å². The maximum atomic E-state index is 5.74. The van der Waals surface area contributed by atoms with Crippen molar-refractivity contribution in [2.45, 2.75) is 32.7 Å². The van der Waals surface area contributed by atoms with Gasteiger partial charge < -0.3 is 5.73 Å². The van der Waals surface area contributed by atoms with Gasteiger partial charge in [0.15, 0.2) is 0 Å². The average molecular weight is 139 g/mol. The molecule has 0 aliphatic carbocycles. The summed E-state index contributed by atoms with van der Waals surface area (Å²) in [4.78, 5) is 0. The topological polar surface area (TPSA) is 26.0 Å². The molecule has 1 nitrogen and oxygen atoms in total. The Morgan fingerprint density at radius 1 is 1.30 bits per heavy atom. The third-order valence-electron chi connectivity index (χ3n) is 1.08. The standard InChI is InChI=1S/C9H17N/c1-4-5-6-7-8-9(2,3)10/h4-7H,8,10H2,1-3H3. The summed E-state index contributed by atoms with van der Waals surface area (Å²) < 4.78 is 0. The molecule has 2 N–H and O–H groups in total. The first-order valence-electron chi connectivity index (χ1n) is 3.63. The van der Waals surface area contributed by atoms with E-state index in [0.717, 1.165) is 6.42 Å². The van der Waals surface area contributed by atoms with Crippen LogP contribution in [0.15, 0.2) is 24.3 Å². The van der Waals surface area contributed by atoms with Gasteiger partial charge in [-0.3, -0.25) is 0 Å². The summed E-state index contributed by atoms with van der Waals surface area (Å²) in [6.07, 6.45) is 9.04. The molecule has 0 atom stereocenters. The maximum Gasteiger partial charge on any atom is 0.0132 e. The molecule has 0 aromatic heterocycles. The van der Waals surface area contributed by atoms with Gasteiger partial charge in [0.25, 0.3) is 0 Å². The Balaban J connectivity index is 3.54. The lowest BCUT2D eigenvalue weighted by molar-refractivity contribution is 0.527. The third-order valence-corrected chi connectivity index (χ3v) is 1.08. The second-order valence-electron chi connectivity index (χ2n) is 3.15. The van der Waals surface area contributed by atoms with Crippen LogP contribution < -0.4 is 5.73 Å². The molecule has 0 heterocycles. The first-order chi connectivity index (χ1) is 4.56. The highest BCUT2D eigenvalue weighted by Gasteiger charge is 2.05. The molecular weight excluding hydrogens is 122 g/mol. The molecule has 0 radical (unpaired) electrons. The highest BCUT2D eigenvalue weighted by Crippen LogP contribution is 2.03. The molecule has 10 heavy (non-hydrogen) atoms. The zero-order valence-electron chi connectivity index (χ0n) is 7.09. The van der Waals surface area contributed by atoms with Crippen LogP contribution in [0.2, 0.25) is 0 Å². The molecular formula is C9H17N. The van der Waals surface area contributed by atoms with Crippen LogP contribution in [0.25, 0.3) is 0 Å². The number of allylic oxidation sites excluding steroid dienone is 3. The molecule has 0 aliphatic heterocycles. The summed E-state index contributed by atoms with van der Waals surface area (Å²) in [6.45, 7) is 6.04. The molecule has 0 aromatic rings. The second-order valence-corrected chi connectivity index (χ2v) is 3.15. The molecule has 0 aromatic carbocycles. The monoisotopic (exact) mass is 139 g/mol. The minimum atomic E-state index is -0.0713. The Kier molecular flexibility index (Phi) is 4.05. The predicted molar refractivity (Wildman–Crippen MR) is 46.8 cm³/mol. The van der Waals surface area contributed by atoms with Crippen LogP contribution in [-0.2, 0) is 0 Å². The third kappa shape index (κ3) is 7.44. The molecule has 0 spiro atoms. The Labute approximate surface area is 63.6 Å². The van der Waals surface area contributed by atoms with Crippen molar-refractivity contribution in [3.8, 4) is 0 Å². The molecule has 0 rings (SSSR count). The van der Waals surface area contributed by atoms with Crippen LogP contribution in [0.3, 0.4) is 0 Å². The highest BCUT2D eigenvalue weighted by molar-refractivity contribution is 5.02. The van der Waals surface area contributed by atoms with Crippen LogP contribution in [-0.4, -0.2) is 5.54 Å². The van der Waals surface area contributed by atoms with E-state index >= 15 is 0 Å². The van der Waals surface area contributed by atoms with Crippen molar-refractivity contribution in [2.24, 2.45) is 5.73 Å². The van der Waals surface area contributed by atoms with Gasteiger partial charge in [-0.15, -0.1) is 0 Å². The van der Waals surface area contributed by atoms with Crippen molar-refractivity contribution < 1.29 is 0 Å². The molecule has 0 saturated carbocycles. The van der Waals surface area contributed by atoms with Crippen molar-refractivity contribution in [3.05, 3.63) is 24.3 Å². The van der Waals surface area contributed by atoms with E-state index in [-0.39, 0.29) is 5.54 Å². The lowest BCUT2D eigenvalue weighted by atomic mass is 10.0. The van der Waals surface area contributed by atoms with Gasteiger partial charge in [0.2, 0.25) is 0 Å². The van der Waals surface area contributed by atoms with Crippen molar-refractivity contribution in [1.82, 2.24) is 0 Å². The summed E-state index contributed by atoms with van der Waals surface area (Å²) in [5.41, 5.74) is 5.67. The first kappa shape index (κ1) is 9.44. The van der Waals surface area contributed by atoms with Crippen LogP contribution in [0.5, 0.6) is 0 Å². The molecule has 0 saturated heterocycles. The Morgan fingerprint density at radius 3 is 2.30 bits per heavy atom. The van der Waals surface area contributed by atoms with Crippen LogP contribution in [0, 0.1) is 0 Å². The number of hydrogen-bond donors (Lipinski definition) is 1. The van der Waals surface area contributed by atoms with Gasteiger partial charge in [0.1, 0.15) is 0 Å². The van der Waals surface area contributed by atoms with Gasteiger partial charge in [-0.25, -0.2) is 0 Å². The van der Waals surface area contributed by atoms with Crippen LogP contribution >= 0.6 is 0 Å². The molecule has 0 fully saturated rings. The lowest BCUT2D eigenvalue weighted by Gasteiger charge is -2.14. The van der Waals surface area contributed by atoms with Crippen LogP contribution in [0.1, 0.15) is 27.2 Å². The quantitative estimate of drug-likeness (QED) is 0.596. The van der Waals surface area contributed by atoms with Gasteiger partial charge in [-0.1, -0.05) is 24.3 Å². The fourth-order valence-corrected chi connectivity index (χ4v) is 0.561. The number of hydrogen-bond acceptors (Lipinski definition) is 1. The molecule has 1 heteroatoms. The normalized spacial score (nSPS) is 13.6. The molecule has 58 valence electrons. The van der Waals surface area contributed by atoms with E-state index in [2.05, 4.69) is 6.08 Å². The Hall–Kier alpha value is -0.560. The maximum absolute atomic E-state index is 5.74. The van der Waals surface area contributed by atoms with E-state index in [4.69, 9.17) is 5.73 Å². The Morgan fingerprint density at radius 2 is 1.90 bits per heavy atom. The van der Waals surface area contributed by atoms with E-state index in [1.165, 1.54) is 0 Å². The SMILES string of the molecule is CC=CC=CCC(C)(C)N. The van der Waals surface area contributed by atoms with Crippen molar-refractivity contribution in [2.75, 3.05) is 0 Å². The van der Waals surface area contributed by atoms with Crippen LogP contribution in [0.4, 0.5) is 0 Å². The fraction of sp³-hybridized carbons (Fsp3) is 0.556. The minimum absolute atomic E-state index is 0.0713. The summed E-state index contributed by atoms with van der Waals surface area (Å²) in [5.74, 6) is 0. The van der Waals surface area contributed by atoms with Gasteiger partial charge in [0, 0.05) is 5.54 Å². The van der Waals surface area contributed by atoms with E-state index in [0.29, 0.717) is 0 Å². The van der Waals surface area contributed by atoms with Gasteiger partial charge in [-0.05, 0) is 27.2 Å². The van der Waals surface area contributed by atoms with Crippen molar-refractivity contribution >= 4 is 0 Å². The largest absolute Gasteiger partial charge is 0.325 e. The van der Waals surface area contributed by atoms with Crippen molar-refractivity contribution in [1.29, 1.82) is 0 Å². The summed E-state index contributed by atoms with van der Waals surface area (Å²) in [6, 6.07) is 0. The second kappa shape index (κ2) is 4.29. The van der Waals surface area contributed by atoms with E-state index in [1.807, 2.05) is 39.0 Å². The lowest BCUT2D eigenvalue weighted by Crippen LogP contribution is -2.30. The summed E-state index contributed by atoms with van der Waals surface area (Å²) in [7, 11) is 0. The number of nitrogens with two attached hydrogens (primary N) is 1. The zero-order chi connectivity index (χ0) is 8.04. The average Bonchev–Trinajstić information content (AvgIpc) is 1.78. The van der Waals surface area contributed by atoms with Gasteiger partial charge in [-0.2, -0.15) is 0 Å². The predicted octanol–water partition coefficient (Wildman–Crippen LogP) is 2.25. The zero-order valence-corrected chi connectivity index (χ0v) is 7.09. The van der Waals surface area contributed by atoms with E-state index < -0.39 is 0 Å². The molecule has 0 bridgehead atoms. The number of rotatable bonds is 3. The Bertz CT molecular complexity index is 126. The van der Waals surface area contributed by atoms with Gasteiger partial charge >= 0.3 is 0 Å². The minimum Gasteiger partial charge on any atom is -0.325 e. The molecule has 0 aliphatic rings. The molecule has 0 unspecified atom stereocenters. The summed E-state index contributed by atoms with van der Waals surface area (Å²) >= 11 is 0. The molecule has 0 amide bonds. The first-order valence-corrected chi connectivity index (χ1v) is 3.63. The fourth-order valence-electron chi connectivity index (χ4n) is 0.561. The van der Waals surface area contributed by atoms with E-state index in [9.17, 15) is 0 Å². The smallest absolute Gasteiger partial charge is 0.0132 e. The highest BCUT2D eigenvalue weighted by atomic mass is 14.7.